The number of amides is 2. The van der Waals surface area contributed by atoms with E-state index in [1.54, 1.807) is 0 Å². The van der Waals surface area contributed by atoms with Gasteiger partial charge in [0.1, 0.15) is 0 Å². The highest BCUT2D eigenvalue weighted by Crippen LogP contribution is 2.54. The first-order valence-corrected chi connectivity index (χ1v) is 11.5. The Hall–Kier alpha value is -1.14. The molecule has 1 heterocycles. The standard InChI is InChI=1S/C22H38N4O2/c1-21(2,3)24-19(27)15-25-4-6-26(7-5-25)20(28)14-23-22-11-16-8-17(12-22)10-18(9-16)13-22/h16-18,23H,4-15H2,1-3H3,(H,24,27)/p+2. The zero-order chi connectivity index (χ0) is 19.9. The number of nitrogens with two attached hydrogens (primary N) is 1. The highest BCUT2D eigenvalue weighted by Gasteiger charge is 2.53. The first-order chi connectivity index (χ1) is 13.2. The highest BCUT2D eigenvalue weighted by atomic mass is 16.2. The van der Waals surface area contributed by atoms with Gasteiger partial charge in [0, 0.05) is 24.8 Å². The molecular formula is C22H40N4O2+2. The number of quaternary nitrogens is 2. The van der Waals surface area contributed by atoms with Crippen molar-refractivity contribution in [2.45, 2.75) is 70.4 Å². The molecule has 2 amide bonds. The molecule has 4 N–H and O–H groups in total. The van der Waals surface area contributed by atoms with Crippen molar-refractivity contribution in [1.82, 2.24) is 10.2 Å². The van der Waals surface area contributed by atoms with Crippen LogP contribution in [0.1, 0.15) is 59.3 Å². The second kappa shape index (κ2) is 7.60. The van der Waals surface area contributed by atoms with E-state index in [0.29, 0.717) is 24.5 Å². The van der Waals surface area contributed by atoms with Crippen LogP contribution in [0.4, 0.5) is 0 Å². The van der Waals surface area contributed by atoms with Crippen LogP contribution in [0, 0.1) is 17.8 Å². The first-order valence-electron chi connectivity index (χ1n) is 11.5. The maximum Gasteiger partial charge on any atom is 0.278 e. The van der Waals surface area contributed by atoms with Crippen LogP contribution in [-0.4, -0.2) is 67.1 Å². The summed E-state index contributed by atoms with van der Waals surface area (Å²) in [6.07, 6.45) is 8.38. The molecule has 5 rings (SSSR count). The average molecular weight is 393 g/mol. The molecule has 28 heavy (non-hydrogen) atoms. The summed E-state index contributed by atoms with van der Waals surface area (Å²) in [4.78, 5) is 28.3. The van der Waals surface area contributed by atoms with Crippen LogP contribution >= 0.6 is 0 Å². The van der Waals surface area contributed by atoms with E-state index in [2.05, 4.69) is 10.6 Å². The Morgan fingerprint density at radius 2 is 1.57 bits per heavy atom. The Morgan fingerprint density at radius 1 is 1.04 bits per heavy atom. The molecule has 4 aliphatic carbocycles. The summed E-state index contributed by atoms with van der Waals surface area (Å²) in [5, 5.41) is 5.46. The largest absolute Gasteiger partial charge is 0.347 e. The third-order valence-electron chi connectivity index (χ3n) is 7.54. The van der Waals surface area contributed by atoms with Gasteiger partial charge >= 0.3 is 0 Å². The number of piperazine rings is 1. The van der Waals surface area contributed by atoms with Gasteiger partial charge in [-0.05, 0) is 57.8 Å². The number of nitrogens with zero attached hydrogens (tertiary/aromatic N) is 1. The quantitative estimate of drug-likeness (QED) is 0.571. The van der Waals surface area contributed by atoms with Crippen molar-refractivity contribution in [3.05, 3.63) is 0 Å². The van der Waals surface area contributed by atoms with Crippen molar-refractivity contribution in [1.29, 1.82) is 0 Å². The summed E-state index contributed by atoms with van der Waals surface area (Å²) in [6.45, 7) is 10.5. The van der Waals surface area contributed by atoms with Gasteiger partial charge in [-0.1, -0.05) is 0 Å². The smallest absolute Gasteiger partial charge is 0.278 e. The zero-order valence-electron chi connectivity index (χ0n) is 18.1. The van der Waals surface area contributed by atoms with Crippen LogP contribution in [0.5, 0.6) is 0 Å². The third-order valence-corrected chi connectivity index (χ3v) is 7.54. The number of hydrogen-bond donors (Lipinski definition) is 3. The predicted molar refractivity (Wildman–Crippen MR) is 108 cm³/mol. The maximum atomic E-state index is 12.8. The molecule has 4 saturated carbocycles. The van der Waals surface area contributed by atoms with E-state index < -0.39 is 0 Å². The van der Waals surface area contributed by atoms with E-state index in [9.17, 15) is 9.59 Å². The minimum Gasteiger partial charge on any atom is -0.347 e. The second-order valence-corrected chi connectivity index (χ2v) is 11.3. The number of carbonyl (C=O) groups is 2. The molecule has 0 spiro atoms. The van der Waals surface area contributed by atoms with Crippen LogP contribution in [0.2, 0.25) is 0 Å². The third kappa shape index (κ3) is 4.70. The van der Waals surface area contributed by atoms with Gasteiger partial charge in [0.15, 0.2) is 13.1 Å². The fraction of sp³-hybridized carbons (Fsp3) is 0.909. The lowest BCUT2D eigenvalue weighted by Crippen LogP contribution is -3.16. The SMILES string of the molecule is CC(C)(C)NC(=O)C[NH+]1CCN(C(=O)C[NH2+]C23CC4CC(CC(C4)C2)C3)CC1. The van der Waals surface area contributed by atoms with Gasteiger partial charge in [-0.3, -0.25) is 9.59 Å². The number of carbonyl (C=O) groups excluding carboxylic acids is 2. The average Bonchev–Trinajstić information content (AvgIpc) is 2.57. The summed E-state index contributed by atoms with van der Waals surface area (Å²) in [5.41, 5.74) is 0.198. The summed E-state index contributed by atoms with van der Waals surface area (Å²) in [5.74, 6) is 3.21. The van der Waals surface area contributed by atoms with E-state index in [1.165, 1.54) is 43.4 Å². The molecular weight excluding hydrogens is 352 g/mol. The van der Waals surface area contributed by atoms with Crippen molar-refractivity contribution < 1.29 is 19.8 Å². The molecule has 0 aromatic carbocycles. The van der Waals surface area contributed by atoms with E-state index in [-0.39, 0.29) is 11.4 Å². The van der Waals surface area contributed by atoms with Gasteiger partial charge in [-0.15, -0.1) is 0 Å². The van der Waals surface area contributed by atoms with Crippen molar-refractivity contribution in [2.75, 3.05) is 39.3 Å². The molecule has 4 bridgehead atoms. The van der Waals surface area contributed by atoms with Gasteiger partial charge in [-0.2, -0.15) is 0 Å². The molecule has 1 saturated heterocycles. The highest BCUT2D eigenvalue weighted by molar-refractivity contribution is 5.78. The molecule has 0 aromatic heterocycles. The lowest BCUT2D eigenvalue weighted by Gasteiger charge is -2.54. The molecule has 1 aliphatic heterocycles. The lowest BCUT2D eigenvalue weighted by molar-refractivity contribution is -0.896. The normalized spacial score (nSPS) is 35.2. The maximum absolute atomic E-state index is 12.8. The van der Waals surface area contributed by atoms with Crippen LogP contribution in [0.15, 0.2) is 0 Å². The summed E-state index contributed by atoms with van der Waals surface area (Å²) < 4.78 is 0. The van der Waals surface area contributed by atoms with Crippen LogP contribution < -0.4 is 15.5 Å². The molecule has 5 aliphatic rings. The Bertz CT molecular complexity index is 569. The summed E-state index contributed by atoms with van der Waals surface area (Å²) in [7, 11) is 0. The summed E-state index contributed by atoms with van der Waals surface area (Å²) in [6, 6.07) is 0. The minimum atomic E-state index is -0.179. The monoisotopic (exact) mass is 392 g/mol. The molecule has 0 atom stereocenters. The summed E-state index contributed by atoms with van der Waals surface area (Å²) >= 11 is 0. The van der Waals surface area contributed by atoms with E-state index in [1.807, 2.05) is 25.7 Å². The van der Waals surface area contributed by atoms with Crippen molar-refractivity contribution in [3.8, 4) is 0 Å². The van der Waals surface area contributed by atoms with Crippen LogP contribution in [0.3, 0.4) is 0 Å². The van der Waals surface area contributed by atoms with E-state index in [4.69, 9.17) is 0 Å². The van der Waals surface area contributed by atoms with Crippen LogP contribution in [-0.2, 0) is 9.59 Å². The van der Waals surface area contributed by atoms with E-state index in [0.717, 1.165) is 43.9 Å². The predicted octanol–water partition coefficient (Wildman–Crippen LogP) is -0.840. The second-order valence-electron chi connectivity index (χ2n) is 11.3. The lowest BCUT2D eigenvalue weighted by atomic mass is 9.53. The van der Waals surface area contributed by atoms with Crippen LogP contribution in [0.25, 0.3) is 0 Å². The topological polar surface area (TPSA) is 70.5 Å². The molecule has 0 aromatic rings. The van der Waals surface area contributed by atoms with Crippen molar-refractivity contribution in [3.63, 3.8) is 0 Å². The minimum absolute atomic E-state index is 0.109. The van der Waals surface area contributed by atoms with Gasteiger partial charge < -0.3 is 20.4 Å². The molecule has 5 fully saturated rings. The van der Waals surface area contributed by atoms with Gasteiger partial charge in [-0.25, -0.2) is 0 Å². The van der Waals surface area contributed by atoms with Gasteiger partial charge in [0.2, 0.25) is 0 Å². The number of nitrogens with one attached hydrogen (secondary N) is 2. The molecule has 158 valence electrons. The Morgan fingerprint density at radius 3 is 2.07 bits per heavy atom. The fourth-order valence-electron chi connectivity index (χ4n) is 6.80. The Kier molecular flexibility index (Phi) is 5.47. The van der Waals surface area contributed by atoms with Gasteiger partial charge in [0.05, 0.1) is 31.7 Å². The zero-order valence-corrected chi connectivity index (χ0v) is 18.1. The van der Waals surface area contributed by atoms with Gasteiger partial charge in [0.25, 0.3) is 11.8 Å². The van der Waals surface area contributed by atoms with E-state index >= 15 is 0 Å². The first kappa shape index (κ1) is 20.1. The van der Waals surface area contributed by atoms with Crippen molar-refractivity contribution >= 4 is 11.8 Å². The molecule has 6 heteroatoms. The Labute approximate surface area is 169 Å². The molecule has 6 nitrogen and oxygen atoms in total. The number of hydrogen-bond acceptors (Lipinski definition) is 2. The Balaban J connectivity index is 1.20. The molecule has 0 radical (unpaired) electrons. The fourth-order valence-corrected chi connectivity index (χ4v) is 6.80. The van der Waals surface area contributed by atoms with Crippen molar-refractivity contribution in [2.24, 2.45) is 17.8 Å². The molecule has 0 unspecified atom stereocenters. The number of rotatable bonds is 5.